The number of furan rings is 1. The molecule has 2 aromatic heterocycles. The molecule has 7 aromatic carbocycles. The lowest BCUT2D eigenvalue weighted by Crippen LogP contribution is -2.00. The molecule has 0 radical (unpaired) electrons. The Labute approximate surface area is 234 Å². The lowest BCUT2D eigenvalue weighted by Gasteiger charge is -2.11. The summed E-state index contributed by atoms with van der Waals surface area (Å²) >= 11 is 0. The van der Waals surface area contributed by atoms with E-state index in [1.165, 1.54) is 26.9 Å². The van der Waals surface area contributed by atoms with Crippen molar-refractivity contribution in [1.82, 2.24) is 15.0 Å². The summed E-state index contributed by atoms with van der Waals surface area (Å²) in [6, 6.07) is 43.8. The van der Waals surface area contributed by atoms with Gasteiger partial charge in [0.15, 0.2) is 17.5 Å². The number of aromatic nitrogens is 3. The first kappa shape index (κ1) is 22.2. The number of hydrogen-bond donors (Lipinski definition) is 0. The first-order chi connectivity index (χ1) is 20.3. The monoisotopic (exact) mass is 523 g/mol. The summed E-state index contributed by atoms with van der Waals surface area (Å²) in [5.41, 5.74) is 4.54. The molecular formula is C37H21N3O. The van der Waals surface area contributed by atoms with Gasteiger partial charge in [-0.05, 0) is 45.1 Å². The van der Waals surface area contributed by atoms with E-state index in [0.717, 1.165) is 44.0 Å². The zero-order valence-corrected chi connectivity index (χ0v) is 21.9. The third-order valence-corrected chi connectivity index (χ3v) is 8.03. The predicted octanol–water partition coefficient (Wildman–Crippen LogP) is 9.67. The number of fused-ring (bicyclic) bond motifs is 5. The average Bonchev–Trinajstić information content (AvgIpc) is 3.45. The van der Waals surface area contributed by atoms with Crippen LogP contribution in [0.3, 0.4) is 0 Å². The van der Waals surface area contributed by atoms with Crippen LogP contribution in [0.25, 0.3) is 88.4 Å². The van der Waals surface area contributed by atoms with E-state index in [9.17, 15) is 0 Å². The van der Waals surface area contributed by atoms with Crippen molar-refractivity contribution in [3.63, 3.8) is 0 Å². The maximum Gasteiger partial charge on any atom is 0.164 e. The molecule has 0 aliphatic heterocycles. The van der Waals surface area contributed by atoms with Gasteiger partial charge in [0.1, 0.15) is 11.2 Å². The normalized spacial score (nSPS) is 11.9. The first-order valence-electron chi connectivity index (χ1n) is 13.7. The van der Waals surface area contributed by atoms with Crippen molar-refractivity contribution >= 4 is 54.3 Å². The molecule has 0 unspecified atom stereocenters. The summed E-state index contributed by atoms with van der Waals surface area (Å²) in [6.45, 7) is 0. The standard InChI is InChI=1S/C37H21N3O/c1-3-11-22(12-4-1)35-38-36(23-13-5-2-6-14-23)40-37(39-35)25-20-29-27-17-9-10-18-28(27)30-19-24-15-7-8-16-26(24)34-33(30)32(29)31(21-25)41-34/h1-21H. The summed E-state index contributed by atoms with van der Waals surface area (Å²) < 4.78 is 6.72. The van der Waals surface area contributed by atoms with Crippen LogP contribution in [0.4, 0.5) is 0 Å². The Kier molecular flexibility index (Phi) is 4.58. The summed E-state index contributed by atoms with van der Waals surface area (Å²) in [6.07, 6.45) is 0. The summed E-state index contributed by atoms with van der Waals surface area (Å²) in [7, 11) is 0. The fourth-order valence-electron chi connectivity index (χ4n) is 6.18. The highest BCUT2D eigenvalue weighted by Gasteiger charge is 2.21. The molecule has 0 bridgehead atoms. The molecule has 0 amide bonds. The SMILES string of the molecule is c1ccc(-c2nc(-c3ccccc3)nc(-c3cc4oc5c6ccccc6cc6c7ccccc7c(c3)c4c65)n2)cc1. The second-order valence-electron chi connectivity index (χ2n) is 10.4. The Balaban J connectivity index is 1.40. The fourth-order valence-corrected chi connectivity index (χ4v) is 6.18. The van der Waals surface area contributed by atoms with Crippen molar-refractivity contribution < 1.29 is 4.42 Å². The van der Waals surface area contributed by atoms with E-state index < -0.39 is 0 Å². The van der Waals surface area contributed by atoms with E-state index in [1.54, 1.807) is 0 Å². The van der Waals surface area contributed by atoms with Gasteiger partial charge in [-0.15, -0.1) is 0 Å². The molecule has 0 aliphatic carbocycles. The van der Waals surface area contributed by atoms with E-state index in [1.807, 2.05) is 60.7 Å². The summed E-state index contributed by atoms with van der Waals surface area (Å²) in [5, 5.41) is 9.35. The number of benzene rings is 7. The van der Waals surface area contributed by atoms with Crippen molar-refractivity contribution in [1.29, 1.82) is 0 Å². The highest BCUT2D eigenvalue weighted by molar-refractivity contribution is 6.36. The van der Waals surface area contributed by atoms with Crippen LogP contribution in [0.15, 0.2) is 132 Å². The number of hydrogen-bond acceptors (Lipinski definition) is 4. The van der Waals surface area contributed by atoms with Gasteiger partial charge in [0, 0.05) is 32.8 Å². The van der Waals surface area contributed by atoms with Crippen LogP contribution in [0, 0.1) is 0 Å². The highest BCUT2D eigenvalue weighted by atomic mass is 16.3. The molecule has 4 heteroatoms. The van der Waals surface area contributed by atoms with Gasteiger partial charge in [0.2, 0.25) is 0 Å². The lowest BCUT2D eigenvalue weighted by atomic mass is 9.91. The molecule has 0 spiro atoms. The Bertz CT molecular complexity index is 2350. The maximum absolute atomic E-state index is 6.72. The predicted molar refractivity (Wildman–Crippen MR) is 167 cm³/mol. The van der Waals surface area contributed by atoms with Crippen LogP contribution >= 0.6 is 0 Å². The Hall–Kier alpha value is -5.61. The topological polar surface area (TPSA) is 51.8 Å². The largest absolute Gasteiger partial charge is 0.455 e. The number of rotatable bonds is 3. The van der Waals surface area contributed by atoms with E-state index in [2.05, 4.69) is 66.7 Å². The van der Waals surface area contributed by atoms with Crippen LogP contribution in [-0.2, 0) is 0 Å². The van der Waals surface area contributed by atoms with Crippen molar-refractivity contribution in [2.45, 2.75) is 0 Å². The van der Waals surface area contributed by atoms with Gasteiger partial charge in [0.05, 0.1) is 0 Å². The molecule has 0 aliphatic rings. The summed E-state index contributed by atoms with van der Waals surface area (Å²) in [5.74, 6) is 1.90. The molecule has 0 atom stereocenters. The van der Waals surface area contributed by atoms with Gasteiger partial charge in [0.25, 0.3) is 0 Å². The minimum Gasteiger partial charge on any atom is -0.455 e. The van der Waals surface area contributed by atoms with E-state index in [-0.39, 0.29) is 0 Å². The third-order valence-electron chi connectivity index (χ3n) is 8.03. The van der Waals surface area contributed by atoms with E-state index >= 15 is 0 Å². The van der Waals surface area contributed by atoms with Gasteiger partial charge in [-0.2, -0.15) is 0 Å². The Morgan fingerprint density at radius 3 is 1.54 bits per heavy atom. The summed E-state index contributed by atoms with van der Waals surface area (Å²) in [4.78, 5) is 14.9. The first-order valence-corrected chi connectivity index (χ1v) is 13.7. The van der Waals surface area contributed by atoms with Crippen LogP contribution in [0.2, 0.25) is 0 Å². The molecule has 2 heterocycles. The molecule has 9 rings (SSSR count). The van der Waals surface area contributed by atoms with Crippen LogP contribution in [0.5, 0.6) is 0 Å². The van der Waals surface area contributed by atoms with Crippen molar-refractivity contribution in [2.24, 2.45) is 0 Å². The molecular weight excluding hydrogens is 502 g/mol. The fraction of sp³-hybridized carbons (Fsp3) is 0. The molecule has 9 aromatic rings. The van der Waals surface area contributed by atoms with Crippen LogP contribution in [0.1, 0.15) is 0 Å². The van der Waals surface area contributed by atoms with Gasteiger partial charge < -0.3 is 4.42 Å². The van der Waals surface area contributed by atoms with E-state index in [4.69, 9.17) is 19.4 Å². The molecule has 190 valence electrons. The van der Waals surface area contributed by atoms with Crippen molar-refractivity contribution in [3.05, 3.63) is 127 Å². The smallest absolute Gasteiger partial charge is 0.164 e. The Morgan fingerprint density at radius 1 is 0.390 bits per heavy atom. The third kappa shape index (κ3) is 3.31. The van der Waals surface area contributed by atoms with Crippen LogP contribution in [-0.4, -0.2) is 15.0 Å². The van der Waals surface area contributed by atoms with Crippen LogP contribution < -0.4 is 0 Å². The van der Waals surface area contributed by atoms with Gasteiger partial charge >= 0.3 is 0 Å². The second-order valence-corrected chi connectivity index (χ2v) is 10.4. The maximum atomic E-state index is 6.72. The van der Waals surface area contributed by atoms with E-state index in [0.29, 0.717) is 17.5 Å². The average molecular weight is 524 g/mol. The van der Waals surface area contributed by atoms with Gasteiger partial charge in [-0.1, -0.05) is 109 Å². The zero-order chi connectivity index (χ0) is 26.9. The molecule has 4 nitrogen and oxygen atoms in total. The molecule has 0 N–H and O–H groups in total. The Morgan fingerprint density at radius 2 is 0.902 bits per heavy atom. The highest BCUT2D eigenvalue weighted by Crippen LogP contribution is 2.46. The minimum absolute atomic E-state index is 0.615. The van der Waals surface area contributed by atoms with Crippen molar-refractivity contribution in [2.75, 3.05) is 0 Å². The lowest BCUT2D eigenvalue weighted by molar-refractivity contribution is 0.673. The minimum atomic E-state index is 0.615. The zero-order valence-electron chi connectivity index (χ0n) is 21.9. The quantitative estimate of drug-likeness (QED) is 0.171. The van der Waals surface area contributed by atoms with Gasteiger partial charge in [-0.25, -0.2) is 15.0 Å². The molecule has 0 saturated heterocycles. The molecule has 0 fully saturated rings. The molecule has 41 heavy (non-hydrogen) atoms. The molecule has 0 saturated carbocycles. The van der Waals surface area contributed by atoms with Gasteiger partial charge in [-0.3, -0.25) is 0 Å². The van der Waals surface area contributed by atoms with Crippen molar-refractivity contribution in [3.8, 4) is 34.2 Å². The second kappa shape index (κ2) is 8.44. The number of nitrogens with zero attached hydrogens (tertiary/aromatic N) is 3.